The molecule has 0 aliphatic carbocycles. The summed E-state index contributed by atoms with van der Waals surface area (Å²) in [6.45, 7) is 3.87. The molecule has 0 heterocycles. The molecule has 2 N–H and O–H groups in total. The second kappa shape index (κ2) is 10.1. The summed E-state index contributed by atoms with van der Waals surface area (Å²) >= 11 is 5.98. The number of amides is 2. The summed E-state index contributed by atoms with van der Waals surface area (Å²) < 4.78 is 5.22. The largest absolute Gasteiger partial charge is 0.495 e. The van der Waals surface area contributed by atoms with Crippen molar-refractivity contribution in [2.75, 3.05) is 31.3 Å². The van der Waals surface area contributed by atoms with E-state index < -0.39 is 6.04 Å². The number of nitrogens with one attached hydrogen (secondary N) is 2. The van der Waals surface area contributed by atoms with Gasteiger partial charge in [0.1, 0.15) is 5.75 Å². The Hall–Kier alpha value is -2.57. The second-order valence-corrected chi connectivity index (χ2v) is 6.96. The number of hydrogen-bond acceptors (Lipinski definition) is 4. The van der Waals surface area contributed by atoms with Crippen LogP contribution in [0.15, 0.2) is 42.5 Å². The molecular weight excluding hydrogens is 378 g/mol. The van der Waals surface area contributed by atoms with Crippen molar-refractivity contribution in [3.63, 3.8) is 0 Å². The summed E-state index contributed by atoms with van der Waals surface area (Å²) in [5.74, 6) is 0.0663. The Morgan fingerprint density at radius 3 is 2.43 bits per heavy atom. The monoisotopic (exact) mass is 403 g/mol. The van der Waals surface area contributed by atoms with Gasteiger partial charge in [0.2, 0.25) is 11.8 Å². The Bertz CT molecular complexity index is 824. The number of likely N-dealkylation sites (N-methyl/N-ethyl adjacent to an activating group) is 1. The first kappa shape index (κ1) is 21.7. The molecule has 150 valence electrons. The average Bonchev–Trinajstić information content (AvgIpc) is 2.68. The van der Waals surface area contributed by atoms with Gasteiger partial charge in [0.05, 0.1) is 25.4 Å². The maximum Gasteiger partial charge on any atom is 0.241 e. The quantitative estimate of drug-likeness (QED) is 0.703. The maximum absolute atomic E-state index is 12.5. The number of aryl methyl sites for hydroxylation is 1. The van der Waals surface area contributed by atoms with Crippen LogP contribution in [0, 0.1) is 0 Å². The van der Waals surface area contributed by atoms with Gasteiger partial charge in [0.25, 0.3) is 0 Å². The van der Waals surface area contributed by atoms with Crippen molar-refractivity contribution in [1.82, 2.24) is 4.90 Å². The lowest BCUT2D eigenvalue weighted by atomic mass is 10.1. The van der Waals surface area contributed by atoms with Crippen LogP contribution in [-0.4, -0.2) is 43.5 Å². The maximum atomic E-state index is 12.5. The number of carbonyl (C=O) groups excluding carboxylic acids is 2. The third-order valence-electron chi connectivity index (χ3n) is 4.50. The van der Waals surface area contributed by atoms with Crippen molar-refractivity contribution < 1.29 is 14.3 Å². The lowest BCUT2D eigenvalue weighted by Crippen LogP contribution is -2.43. The van der Waals surface area contributed by atoms with E-state index in [0.29, 0.717) is 16.5 Å². The van der Waals surface area contributed by atoms with Crippen molar-refractivity contribution in [3.8, 4) is 5.75 Å². The topological polar surface area (TPSA) is 70.7 Å². The number of anilines is 2. The van der Waals surface area contributed by atoms with Gasteiger partial charge in [0, 0.05) is 10.7 Å². The Labute approximate surface area is 170 Å². The van der Waals surface area contributed by atoms with Gasteiger partial charge in [-0.25, -0.2) is 0 Å². The first-order valence-electron chi connectivity index (χ1n) is 9.07. The number of nitrogens with zero attached hydrogens (tertiary/aromatic N) is 1. The molecule has 0 bridgehead atoms. The lowest BCUT2D eigenvalue weighted by Gasteiger charge is -2.23. The molecule has 7 heteroatoms. The predicted molar refractivity (Wildman–Crippen MR) is 113 cm³/mol. The van der Waals surface area contributed by atoms with Crippen molar-refractivity contribution in [2.45, 2.75) is 26.3 Å². The van der Waals surface area contributed by atoms with Crippen molar-refractivity contribution >= 4 is 34.8 Å². The van der Waals surface area contributed by atoms with Gasteiger partial charge in [-0.1, -0.05) is 30.7 Å². The molecule has 6 nitrogen and oxygen atoms in total. The van der Waals surface area contributed by atoms with Crippen LogP contribution in [0.3, 0.4) is 0 Å². The Kier molecular flexibility index (Phi) is 7.84. The summed E-state index contributed by atoms with van der Waals surface area (Å²) in [7, 11) is 3.24. The summed E-state index contributed by atoms with van der Waals surface area (Å²) in [5.41, 5.74) is 2.42. The minimum atomic E-state index is -0.488. The molecule has 0 fully saturated rings. The number of rotatable bonds is 8. The van der Waals surface area contributed by atoms with E-state index in [9.17, 15) is 9.59 Å². The summed E-state index contributed by atoms with van der Waals surface area (Å²) in [5, 5.41) is 6.13. The van der Waals surface area contributed by atoms with Crippen LogP contribution < -0.4 is 15.4 Å². The molecule has 2 rings (SSSR count). The van der Waals surface area contributed by atoms with Crippen LogP contribution >= 0.6 is 11.6 Å². The molecular formula is C21H26ClN3O3. The number of halogens is 1. The Morgan fingerprint density at radius 1 is 1.14 bits per heavy atom. The third-order valence-corrected chi connectivity index (χ3v) is 4.73. The highest BCUT2D eigenvalue weighted by atomic mass is 35.5. The Morgan fingerprint density at radius 2 is 1.82 bits per heavy atom. The molecule has 1 unspecified atom stereocenters. The fourth-order valence-corrected chi connectivity index (χ4v) is 2.77. The summed E-state index contributed by atoms with van der Waals surface area (Å²) in [4.78, 5) is 26.5. The standard InChI is InChI=1S/C21H26ClN3O3/c1-5-15-6-9-17(10-7-15)23-21(27)14(2)25(3)13-20(26)24-18-12-16(22)8-11-19(18)28-4/h6-12,14H,5,13H2,1-4H3,(H,23,27)(H,24,26). The zero-order valence-corrected chi connectivity index (χ0v) is 17.3. The van der Waals surface area contributed by atoms with Gasteiger partial charge < -0.3 is 15.4 Å². The number of hydrogen-bond donors (Lipinski definition) is 2. The van der Waals surface area contributed by atoms with E-state index in [2.05, 4.69) is 17.6 Å². The van der Waals surface area contributed by atoms with Gasteiger partial charge in [-0.2, -0.15) is 0 Å². The molecule has 0 saturated heterocycles. The molecule has 0 spiro atoms. The smallest absolute Gasteiger partial charge is 0.241 e. The van der Waals surface area contributed by atoms with Crippen LogP contribution in [0.1, 0.15) is 19.4 Å². The van der Waals surface area contributed by atoms with Crippen LogP contribution in [0.5, 0.6) is 5.75 Å². The molecule has 1 atom stereocenters. The van der Waals surface area contributed by atoms with E-state index in [0.717, 1.165) is 12.1 Å². The first-order chi connectivity index (χ1) is 13.3. The van der Waals surface area contributed by atoms with E-state index in [1.807, 2.05) is 24.3 Å². The molecule has 0 radical (unpaired) electrons. The van der Waals surface area contributed by atoms with E-state index >= 15 is 0 Å². The zero-order valence-electron chi connectivity index (χ0n) is 16.6. The molecule has 0 aromatic heterocycles. The lowest BCUT2D eigenvalue weighted by molar-refractivity contribution is -0.122. The molecule has 28 heavy (non-hydrogen) atoms. The number of methoxy groups -OCH3 is 1. The molecule has 0 aliphatic rings. The highest BCUT2D eigenvalue weighted by Gasteiger charge is 2.21. The zero-order chi connectivity index (χ0) is 20.7. The van der Waals surface area contributed by atoms with Gasteiger partial charge in [-0.15, -0.1) is 0 Å². The minimum absolute atomic E-state index is 0.0407. The van der Waals surface area contributed by atoms with E-state index in [1.54, 1.807) is 37.1 Å². The highest BCUT2D eigenvalue weighted by molar-refractivity contribution is 6.31. The SMILES string of the molecule is CCc1ccc(NC(=O)C(C)N(C)CC(=O)Nc2cc(Cl)ccc2OC)cc1. The summed E-state index contributed by atoms with van der Waals surface area (Å²) in [6, 6.07) is 12.2. The Balaban J connectivity index is 1.93. The van der Waals surface area contributed by atoms with Crippen molar-refractivity contribution in [2.24, 2.45) is 0 Å². The van der Waals surface area contributed by atoms with Crippen LogP contribution in [0.25, 0.3) is 0 Å². The molecule has 2 aromatic carbocycles. The van der Waals surface area contributed by atoms with Crippen LogP contribution in [-0.2, 0) is 16.0 Å². The van der Waals surface area contributed by atoms with Crippen molar-refractivity contribution in [1.29, 1.82) is 0 Å². The van der Waals surface area contributed by atoms with Crippen molar-refractivity contribution in [3.05, 3.63) is 53.1 Å². The number of carbonyl (C=O) groups is 2. The van der Waals surface area contributed by atoms with Crippen LogP contribution in [0.4, 0.5) is 11.4 Å². The van der Waals surface area contributed by atoms with Gasteiger partial charge in [0.15, 0.2) is 0 Å². The molecule has 0 saturated carbocycles. The summed E-state index contributed by atoms with van der Waals surface area (Å²) in [6.07, 6.45) is 0.944. The average molecular weight is 404 g/mol. The number of ether oxygens (including phenoxy) is 1. The van der Waals surface area contributed by atoms with E-state index in [-0.39, 0.29) is 18.4 Å². The number of benzene rings is 2. The van der Waals surface area contributed by atoms with Gasteiger partial charge >= 0.3 is 0 Å². The minimum Gasteiger partial charge on any atom is -0.495 e. The van der Waals surface area contributed by atoms with E-state index in [1.165, 1.54) is 12.7 Å². The second-order valence-electron chi connectivity index (χ2n) is 6.52. The van der Waals surface area contributed by atoms with Gasteiger partial charge in [-0.05, 0) is 56.3 Å². The molecule has 2 amide bonds. The fourth-order valence-electron chi connectivity index (χ4n) is 2.60. The molecule has 2 aromatic rings. The van der Waals surface area contributed by atoms with Crippen LogP contribution in [0.2, 0.25) is 5.02 Å². The third kappa shape index (κ3) is 5.97. The normalized spacial score (nSPS) is 11.8. The fraction of sp³-hybridized carbons (Fsp3) is 0.333. The predicted octanol–water partition coefficient (Wildman–Crippen LogP) is 3.81. The highest BCUT2D eigenvalue weighted by Crippen LogP contribution is 2.27. The molecule has 0 aliphatic heterocycles. The van der Waals surface area contributed by atoms with Gasteiger partial charge in [-0.3, -0.25) is 14.5 Å². The first-order valence-corrected chi connectivity index (χ1v) is 9.45. The van der Waals surface area contributed by atoms with E-state index in [4.69, 9.17) is 16.3 Å².